The van der Waals surface area contributed by atoms with Crippen molar-refractivity contribution < 1.29 is 9.59 Å². The summed E-state index contributed by atoms with van der Waals surface area (Å²) in [5.41, 5.74) is 1.88. The summed E-state index contributed by atoms with van der Waals surface area (Å²) in [5.74, 6) is -0.156. The average molecular weight is 385 g/mol. The number of benzene rings is 1. The zero-order valence-corrected chi connectivity index (χ0v) is 18.0. The van der Waals surface area contributed by atoms with E-state index >= 15 is 0 Å². The lowest BCUT2D eigenvalue weighted by atomic mass is 9.79. The van der Waals surface area contributed by atoms with E-state index < -0.39 is 0 Å². The van der Waals surface area contributed by atoms with E-state index in [0.29, 0.717) is 12.8 Å². The van der Waals surface area contributed by atoms with E-state index in [0.717, 1.165) is 30.4 Å². The molecule has 0 aliphatic heterocycles. The van der Waals surface area contributed by atoms with Crippen LogP contribution in [0, 0.1) is 5.92 Å². The van der Waals surface area contributed by atoms with Gasteiger partial charge in [-0.2, -0.15) is 0 Å². The number of aryl methyl sites for hydroxylation is 1. The summed E-state index contributed by atoms with van der Waals surface area (Å²) >= 11 is 0. The van der Waals surface area contributed by atoms with Crippen molar-refractivity contribution in [3.05, 3.63) is 35.4 Å². The van der Waals surface area contributed by atoms with Crippen LogP contribution in [-0.2, 0) is 11.2 Å². The van der Waals surface area contributed by atoms with E-state index in [2.05, 4.69) is 6.92 Å². The lowest BCUT2D eigenvalue weighted by Gasteiger charge is -2.22. The SMILES string of the molecule is CCCCCCCCCCCCCCCC(=O)C1CCc2ccccc2C1=O. The molecule has 0 bridgehead atoms. The second-order valence-corrected chi connectivity index (χ2v) is 8.57. The standard InChI is InChI=1S/C26H40O2/c1-2-3-4-5-6-7-8-9-10-11-12-13-14-19-25(27)24-21-20-22-17-15-16-18-23(22)26(24)28/h15-18,24H,2-14,19-21H2,1H3. The summed E-state index contributed by atoms with van der Waals surface area (Å²) in [7, 11) is 0. The van der Waals surface area contributed by atoms with Crippen LogP contribution in [0.4, 0.5) is 0 Å². The fourth-order valence-electron chi connectivity index (χ4n) is 4.40. The Bertz CT molecular complexity index is 590. The molecule has 2 nitrogen and oxygen atoms in total. The topological polar surface area (TPSA) is 34.1 Å². The molecule has 0 aromatic heterocycles. The van der Waals surface area contributed by atoms with Crippen molar-refractivity contribution in [3.8, 4) is 0 Å². The Morgan fingerprint density at radius 3 is 1.96 bits per heavy atom. The molecule has 1 unspecified atom stereocenters. The van der Waals surface area contributed by atoms with E-state index in [9.17, 15) is 9.59 Å². The minimum absolute atomic E-state index is 0.0570. The van der Waals surface area contributed by atoms with Gasteiger partial charge in [-0.1, -0.05) is 108 Å². The van der Waals surface area contributed by atoms with Crippen LogP contribution in [-0.4, -0.2) is 11.6 Å². The maximum atomic E-state index is 12.6. The highest BCUT2D eigenvalue weighted by Gasteiger charge is 2.31. The smallest absolute Gasteiger partial charge is 0.173 e. The number of carbonyl (C=O) groups excluding carboxylic acids is 2. The van der Waals surface area contributed by atoms with Crippen LogP contribution in [0.1, 0.15) is 119 Å². The van der Waals surface area contributed by atoms with E-state index in [4.69, 9.17) is 0 Å². The van der Waals surface area contributed by atoms with Crippen LogP contribution in [0.2, 0.25) is 0 Å². The molecule has 2 rings (SSSR count). The van der Waals surface area contributed by atoms with Crippen molar-refractivity contribution in [2.24, 2.45) is 5.92 Å². The fraction of sp³-hybridized carbons (Fsp3) is 0.692. The van der Waals surface area contributed by atoms with Crippen LogP contribution in [0.5, 0.6) is 0 Å². The van der Waals surface area contributed by atoms with Crippen LogP contribution in [0.25, 0.3) is 0 Å². The lowest BCUT2D eigenvalue weighted by molar-refractivity contribution is -0.121. The van der Waals surface area contributed by atoms with Crippen molar-refractivity contribution >= 4 is 11.6 Å². The van der Waals surface area contributed by atoms with Crippen LogP contribution in [0.15, 0.2) is 24.3 Å². The van der Waals surface area contributed by atoms with Gasteiger partial charge in [0.25, 0.3) is 0 Å². The molecule has 0 saturated heterocycles. The summed E-state index contributed by atoms with van der Waals surface area (Å²) in [4.78, 5) is 25.1. The number of hydrogen-bond donors (Lipinski definition) is 0. The quantitative estimate of drug-likeness (QED) is 0.232. The van der Waals surface area contributed by atoms with Gasteiger partial charge >= 0.3 is 0 Å². The predicted octanol–water partition coefficient (Wildman–Crippen LogP) is 7.48. The van der Waals surface area contributed by atoms with Gasteiger partial charge in [-0.15, -0.1) is 0 Å². The number of rotatable bonds is 15. The van der Waals surface area contributed by atoms with Crippen molar-refractivity contribution in [1.82, 2.24) is 0 Å². The molecular formula is C26H40O2. The summed E-state index contributed by atoms with van der Waals surface area (Å²) in [6, 6.07) is 7.76. The normalized spacial score (nSPS) is 16.2. The van der Waals surface area contributed by atoms with Crippen molar-refractivity contribution in [1.29, 1.82) is 0 Å². The molecule has 1 aromatic carbocycles. The average Bonchev–Trinajstić information content (AvgIpc) is 2.71. The third kappa shape index (κ3) is 7.89. The van der Waals surface area contributed by atoms with Gasteiger partial charge in [0.05, 0.1) is 5.92 Å². The molecule has 156 valence electrons. The molecule has 1 aromatic rings. The summed E-state index contributed by atoms with van der Waals surface area (Å²) in [6.07, 6.45) is 19.2. The maximum Gasteiger partial charge on any atom is 0.173 e. The zero-order chi connectivity index (χ0) is 20.0. The second-order valence-electron chi connectivity index (χ2n) is 8.57. The predicted molar refractivity (Wildman–Crippen MR) is 118 cm³/mol. The van der Waals surface area contributed by atoms with Gasteiger partial charge in [0.15, 0.2) is 5.78 Å². The monoisotopic (exact) mass is 384 g/mol. The number of fused-ring (bicyclic) bond motifs is 1. The Morgan fingerprint density at radius 2 is 1.36 bits per heavy atom. The minimum Gasteiger partial charge on any atom is -0.299 e. The Hall–Kier alpha value is -1.44. The summed E-state index contributed by atoms with van der Waals surface area (Å²) < 4.78 is 0. The number of unbranched alkanes of at least 4 members (excludes halogenated alkanes) is 12. The number of Topliss-reactive ketones (excluding diaryl/α,β-unsaturated/α-hetero) is 2. The number of ketones is 2. The second kappa shape index (κ2) is 13.7. The molecule has 0 amide bonds. The largest absolute Gasteiger partial charge is 0.299 e. The molecular weight excluding hydrogens is 344 g/mol. The Labute approximate surface area is 172 Å². The Balaban J connectivity index is 1.47. The zero-order valence-electron chi connectivity index (χ0n) is 18.0. The maximum absolute atomic E-state index is 12.6. The van der Waals surface area contributed by atoms with Crippen LogP contribution < -0.4 is 0 Å². The van der Waals surface area contributed by atoms with Crippen molar-refractivity contribution in [2.45, 2.75) is 110 Å². The van der Waals surface area contributed by atoms with Crippen molar-refractivity contribution in [2.75, 3.05) is 0 Å². The Kier molecular flexibility index (Phi) is 11.2. The first-order valence-electron chi connectivity index (χ1n) is 11.9. The highest BCUT2D eigenvalue weighted by atomic mass is 16.1. The molecule has 0 fully saturated rings. The molecule has 0 saturated carbocycles. The molecule has 0 N–H and O–H groups in total. The van der Waals surface area contributed by atoms with Gasteiger partial charge in [-0.25, -0.2) is 0 Å². The van der Waals surface area contributed by atoms with E-state index in [1.807, 2.05) is 24.3 Å². The number of hydrogen-bond acceptors (Lipinski definition) is 2. The summed E-state index contributed by atoms with van der Waals surface area (Å²) in [5, 5.41) is 0. The third-order valence-electron chi connectivity index (χ3n) is 6.22. The van der Waals surface area contributed by atoms with E-state index in [-0.39, 0.29) is 17.5 Å². The Morgan fingerprint density at radius 1 is 0.821 bits per heavy atom. The van der Waals surface area contributed by atoms with Crippen LogP contribution in [0.3, 0.4) is 0 Å². The minimum atomic E-state index is -0.382. The van der Waals surface area contributed by atoms with Gasteiger partial charge in [0.1, 0.15) is 5.78 Å². The number of carbonyl (C=O) groups is 2. The highest BCUT2D eigenvalue weighted by Crippen LogP contribution is 2.27. The third-order valence-corrected chi connectivity index (χ3v) is 6.22. The fourth-order valence-corrected chi connectivity index (χ4v) is 4.40. The molecule has 28 heavy (non-hydrogen) atoms. The van der Waals surface area contributed by atoms with Crippen LogP contribution >= 0.6 is 0 Å². The van der Waals surface area contributed by atoms with Gasteiger partial charge in [-0.3, -0.25) is 9.59 Å². The van der Waals surface area contributed by atoms with E-state index in [1.54, 1.807) is 0 Å². The first-order chi connectivity index (χ1) is 13.7. The molecule has 2 heteroatoms. The van der Waals surface area contributed by atoms with E-state index in [1.165, 1.54) is 70.6 Å². The summed E-state index contributed by atoms with van der Waals surface area (Å²) in [6.45, 7) is 2.27. The molecule has 1 aliphatic carbocycles. The molecule has 1 atom stereocenters. The molecule has 1 aliphatic rings. The molecule has 0 radical (unpaired) electrons. The molecule has 0 heterocycles. The molecule has 0 spiro atoms. The van der Waals surface area contributed by atoms with Gasteiger partial charge in [0.2, 0.25) is 0 Å². The first-order valence-corrected chi connectivity index (χ1v) is 11.9. The van der Waals surface area contributed by atoms with Gasteiger partial charge in [0, 0.05) is 12.0 Å². The van der Waals surface area contributed by atoms with Gasteiger partial charge in [-0.05, 0) is 24.8 Å². The first kappa shape index (κ1) is 22.8. The van der Waals surface area contributed by atoms with Crippen molar-refractivity contribution in [3.63, 3.8) is 0 Å². The highest BCUT2D eigenvalue weighted by molar-refractivity contribution is 6.12. The van der Waals surface area contributed by atoms with Gasteiger partial charge < -0.3 is 0 Å². The lowest BCUT2D eigenvalue weighted by Crippen LogP contribution is -2.29.